The van der Waals surface area contributed by atoms with Crippen LogP contribution in [0.1, 0.15) is 54.7 Å². The molecule has 0 bridgehead atoms. The predicted molar refractivity (Wildman–Crippen MR) is 75.1 cm³/mol. The minimum absolute atomic E-state index is 0.0803. The van der Waals surface area contributed by atoms with Crippen molar-refractivity contribution in [2.75, 3.05) is 7.05 Å². The minimum atomic E-state index is -0.244. The van der Waals surface area contributed by atoms with Crippen LogP contribution >= 0.6 is 0 Å². The molecule has 2 atom stereocenters. The van der Waals surface area contributed by atoms with Gasteiger partial charge in [-0.15, -0.1) is 0 Å². The maximum Gasteiger partial charge on any atom is 0.251 e. The van der Waals surface area contributed by atoms with Crippen LogP contribution in [0, 0.1) is 6.92 Å². The summed E-state index contributed by atoms with van der Waals surface area (Å²) >= 11 is 0. The summed E-state index contributed by atoms with van der Waals surface area (Å²) in [6, 6.07) is 1.95. The molecule has 0 spiro atoms. The maximum absolute atomic E-state index is 12.4. The highest BCUT2D eigenvalue weighted by Crippen LogP contribution is 2.35. The highest BCUT2D eigenvalue weighted by Gasteiger charge is 2.36. The van der Waals surface area contributed by atoms with Crippen molar-refractivity contribution in [3.05, 3.63) is 23.0 Å². The molecule has 1 aliphatic carbocycles. The summed E-state index contributed by atoms with van der Waals surface area (Å²) in [7, 11) is 1.58. The summed E-state index contributed by atoms with van der Waals surface area (Å²) in [4.78, 5) is 25.3. The van der Waals surface area contributed by atoms with Crippen LogP contribution in [0.3, 0.4) is 0 Å². The number of fused-ring (bicyclic) bond motifs is 1. The van der Waals surface area contributed by atoms with E-state index in [1.54, 1.807) is 7.05 Å². The standard InChI is InChI=1S/C15H21N3O2/c1-9-8-10-11(16)4-3-5-12(10)18(9)13-6-7-14(19)17(2)15(13)20/h8,11,13H,3-7,16H2,1-2H3. The van der Waals surface area contributed by atoms with E-state index >= 15 is 0 Å². The van der Waals surface area contributed by atoms with Crippen LogP contribution in [0.25, 0.3) is 0 Å². The molecule has 108 valence electrons. The maximum atomic E-state index is 12.4. The average Bonchev–Trinajstić information content (AvgIpc) is 2.75. The molecule has 1 aromatic heterocycles. The number of likely N-dealkylation sites (N-methyl/N-ethyl adjacent to an activating group) is 1. The number of hydrogen-bond acceptors (Lipinski definition) is 3. The molecule has 0 saturated carbocycles. The first kappa shape index (κ1) is 13.4. The molecule has 0 radical (unpaired) electrons. The van der Waals surface area contributed by atoms with Crippen molar-refractivity contribution in [3.8, 4) is 0 Å². The Morgan fingerprint density at radius 3 is 2.75 bits per heavy atom. The van der Waals surface area contributed by atoms with E-state index in [9.17, 15) is 9.59 Å². The molecule has 1 aliphatic heterocycles. The fourth-order valence-corrected chi connectivity index (χ4v) is 3.53. The Balaban J connectivity index is 2.02. The molecule has 1 fully saturated rings. The van der Waals surface area contributed by atoms with Crippen molar-refractivity contribution in [1.29, 1.82) is 0 Å². The molecule has 3 rings (SSSR count). The zero-order valence-electron chi connectivity index (χ0n) is 12.1. The first-order chi connectivity index (χ1) is 9.50. The predicted octanol–water partition coefficient (Wildman–Crippen LogP) is 1.45. The van der Waals surface area contributed by atoms with E-state index in [-0.39, 0.29) is 23.9 Å². The van der Waals surface area contributed by atoms with E-state index in [0.29, 0.717) is 12.8 Å². The van der Waals surface area contributed by atoms with Gasteiger partial charge in [0.25, 0.3) is 5.91 Å². The van der Waals surface area contributed by atoms with Gasteiger partial charge in [-0.1, -0.05) is 0 Å². The molecule has 5 nitrogen and oxygen atoms in total. The molecule has 2 unspecified atom stereocenters. The number of carbonyl (C=O) groups is 2. The van der Waals surface area contributed by atoms with Crippen LogP contribution < -0.4 is 5.73 Å². The number of hydrogen-bond donors (Lipinski definition) is 1. The van der Waals surface area contributed by atoms with Gasteiger partial charge >= 0.3 is 0 Å². The zero-order chi connectivity index (χ0) is 14.4. The second kappa shape index (κ2) is 4.74. The van der Waals surface area contributed by atoms with Crippen molar-refractivity contribution in [2.24, 2.45) is 5.73 Å². The number of aryl methyl sites for hydroxylation is 1. The summed E-state index contributed by atoms with van der Waals surface area (Å²) in [5.41, 5.74) is 9.63. The highest BCUT2D eigenvalue weighted by molar-refractivity contribution is 5.99. The molecule has 5 heteroatoms. The van der Waals surface area contributed by atoms with Crippen molar-refractivity contribution < 1.29 is 9.59 Å². The molecular formula is C15H21N3O2. The Kier molecular flexibility index (Phi) is 3.17. The molecule has 20 heavy (non-hydrogen) atoms. The summed E-state index contributed by atoms with van der Waals surface area (Å²) in [6.07, 6.45) is 4.07. The molecule has 2 heterocycles. The van der Waals surface area contributed by atoms with Crippen LogP contribution in [0.15, 0.2) is 6.07 Å². The summed E-state index contributed by atoms with van der Waals surface area (Å²) in [5.74, 6) is -0.177. The van der Waals surface area contributed by atoms with E-state index in [2.05, 4.69) is 10.6 Å². The number of rotatable bonds is 1. The van der Waals surface area contributed by atoms with Gasteiger partial charge in [-0.25, -0.2) is 0 Å². The van der Waals surface area contributed by atoms with Crippen molar-refractivity contribution >= 4 is 11.8 Å². The lowest BCUT2D eigenvalue weighted by molar-refractivity contribution is -0.149. The number of nitrogens with two attached hydrogens (primary N) is 1. The quantitative estimate of drug-likeness (QED) is 0.789. The van der Waals surface area contributed by atoms with Gasteiger partial charge in [-0.2, -0.15) is 0 Å². The fourth-order valence-electron chi connectivity index (χ4n) is 3.53. The van der Waals surface area contributed by atoms with Crippen LogP contribution in [0.5, 0.6) is 0 Å². The second-order valence-electron chi connectivity index (χ2n) is 5.90. The van der Waals surface area contributed by atoms with Gasteiger partial charge in [0.2, 0.25) is 5.91 Å². The lowest BCUT2D eigenvalue weighted by atomic mass is 9.93. The molecule has 1 saturated heterocycles. The smallest absolute Gasteiger partial charge is 0.251 e. The van der Waals surface area contributed by atoms with Crippen LogP contribution in [0.2, 0.25) is 0 Å². The summed E-state index contributed by atoms with van der Waals surface area (Å²) in [6.45, 7) is 2.02. The molecular weight excluding hydrogens is 254 g/mol. The third-order valence-electron chi connectivity index (χ3n) is 4.63. The van der Waals surface area contributed by atoms with Crippen LogP contribution in [-0.4, -0.2) is 28.3 Å². The lowest BCUT2D eigenvalue weighted by Crippen LogP contribution is -2.43. The molecule has 2 N–H and O–H groups in total. The van der Waals surface area contributed by atoms with E-state index in [1.165, 1.54) is 16.2 Å². The van der Waals surface area contributed by atoms with Gasteiger partial charge in [0.05, 0.1) is 0 Å². The Bertz CT molecular complexity index is 576. The van der Waals surface area contributed by atoms with E-state index in [0.717, 1.165) is 25.0 Å². The number of carbonyl (C=O) groups excluding carboxylic acids is 2. The van der Waals surface area contributed by atoms with Gasteiger partial charge in [0.1, 0.15) is 6.04 Å². The molecule has 2 amide bonds. The number of aromatic nitrogens is 1. The van der Waals surface area contributed by atoms with Crippen molar-refractivity contribution in [2.45, 2.75) is 51.1 Å². The van der Waals surface area contributed by atoms with Crippen LogP contribution in [0.4, 0.5) is 0 Å². The Hall–Kier alpha value is -1.62. The van der Waals surface area contributed by atoms with Crippen molar-refractivity contribution in [3.63, 3.8) is 0 Å². The van der Waals surface area contributed by atoms with Gasteiger partial charge in [-0.3, -0.25) is 14.5 Å². The van der Waals surface area contributed by atoms with Crippen LogP contribution in [-0.2, 0) is 16.0 Å². The normalized spacial score (nSPS) is 26.9. The topological polar surface area (TPSA) is 68.3 Å². The molecule has 2 aliphatic rings. The van der Waals surface area contributed by atoms with Gasteiger partial charge in [0, 0.05) is 30.9 Å². The third kappa shape index (κ3) is 1.88. The first-order valence-corrected chi connectivity index (χ1v) is 7.27. The number of piperidine rings is 1. The Labute approximate surface area is 118 Å². The fraction of sp³-hybridized carbons (Fsp3) is 0.600. The highest BCUT2D eigenvalue weighted by atomic mass is 16.2. The number of imide groups is 1. The average molecular weight is 275 g/mol. The molecule has 1 aromatic rings. The zero-order valence-corrected chi connectivity index (χ0v) is 12.1. The summed E-state index contributed by atoms with van der Waals surface area (Å²) in [5, 5.41) is 0. The minimum Gasteiger partial charge on any atom is -0.336 e. The SMILES string of the molecule is Cc1cc2c(n1C1CCC(=O)N(C)C1=O)CCCC2N. The number of amides is 2. The molecule has 0 aromatic carbocycles. The Morgan fingerprint density at radius 1 is 1.25 bits per heavy atom. The second-order valence-corrected chi connectivity index (χ2v) is 5.90. The third-order valence-corrected chi connectivity index (χ3v) is 4.63. The monoisotopic (exact) mass is 275 g/mol. The van der Waals surface area contributed by atoms with E-state index in [4.69, 9.17) is 5.73 Å². The Morgan fingerprint density at radius 2 is 2.00 bits per heavy atom. The summed E-state index contributed by atoms with van der Waals surface area (Å²) < 4.78 is 2.12. The van der Waals surface area contributed by atoms with Gasteiger partial charge < -0.3 is 10.3 Å². The largest absolute Gasteiger partial charge is 0.336 e. The lowest BCUT2D eigenvalue weighted by Gasteiger charge is -2.32. The van der Waals surface area contributed by atoms with E-state index in [1.807, 2.05) is 6.92 Å². The van der Waals surface area contributed by atoms with Gasteiger partial charge in [-0.05, 0) is 44.2 Å². The van der Waals surface area contributed by atoms with Gasteiger partial charge in [0.15, 0.2) is 0 Å². The van der Waals surface area contributed by atoms with E-state index < -0.39 is 0 Å². The number of nitrogens with zero attached hydrogens (tertiary/aromatic N) is 2. The first-order valence-electron chi connectivity index (χ1n) is 7.27. The number of likely N-dealkylation sites (tertiary alicyclic amines) is 1. The van der Waals surface area contributed by atoms with Crippen molar-refractivity contribution in [1.82, 2.24) is 9.47 Å².